The zero-order valence-corrected chi connectivity index (χ0v) is 13.0. The van der Waals surface area contributed by atoms with Crippen LogP contribution >= 0.6 is 23.4 Å². The number of rotatable bonds is 6. The molecule has 3 nitrogen and oxygen atoms in total. The number of carbonyl (C=O) groups excluding carboxylic acids is 1. The van der Waals surface area contributed by atoms with E-state index in [1.54, 1.807) is 36.0 Å². The maximum Gasteiger partial charge on any atom is 0.412 e. The predicted molar refractivity (Wildman–Crippen MR) is 87.3 cm³/mol. The van der Waals surface area contributed by atoms with E-state index in [4.69, 9.17) is 16.3 Å². The van der Waals surface area contributed by atoms with Crippen LogP contribution in [0.15, 0.2) is 59.5 Å². The molecule has 0 aliphatic heterocycles. The van der Waals surface area contributed by atoms with E-state index < -0.39 is 6.09 Å². The van der Waals surface area contributed by atoms with Gasteiger partial charge in [-0.05, 0) is 48.6 Å². The van der Waals surface area contributed by atoms with E-state index in [1.807, 2.05) is 18.2 Å². The van der Waals surface area contributed by atoms with Crippen LogP contribution in [-0.2, 0) is 0 Å². The van der Waals surface area contributed by atoms with Crippen molar-refractivity contribution in [2.24, 2.45) is 0 Å². The molecule has 110 valence electrons. The van der Waals surface area contributed by atoms with Crippen LogP contribution in [0, 0.1) is 0 Å². The maximum atomic E-state index is 11.6. The average Bonchev–Trinajstić information content (AvgIpc) is 2.50. The molecule has 21 heavy (non-hydrogen) atoms. The number of halogens is 1. The van der Waals surface area contributed by atoms with E-state index >= 15 is 0 Å². The van der Waals surface area contributed by atoms with Crippen LogP contribution in [0.3, 0.4) is 0 Å². The second-order valence-electron chi connectivity index (χ2n) is 4.29. The highest BCUT2D eigenvalue weighted by atomic mass is 35.5. The lowest BCUT2D eigenvalue weighted by molar-refractivity contribution is 0.200. The lowest BCUT2D eigenvalue weighted by Gasteiger charge is -2.06. The molecule has 0 aromatic heterocycles. The van der Waals surface area contributed by atoms with Crippen molar-refractivity contribution in [2.45, 2.75) is 11.3 Å². The molecule has 0 bridgehead atoms. The molecule has 2 rings (SSSR count). The van der Waals surface area contributed by atoms with Crippen molar-refractivity contribution in [3.05, 3.63) is 59.6 Å². The molecule has 0 spiro atoms. The van der Waals surface area contributed by atoms with E-state index in [0.717, 1.165) is 12.2 Å². The summed E-state index contributed by atoms with van der Waals surface area (Å²) in [7, 11) is 0. The molecule has 2 aromatic rings. The molecule has 0 unspecified atom stereocenters. The Morgan fingerprint density at radius 3 is 2.52 bits per heavy atom. The largest absolute Gasteiger partial charge is 0.412 e. The fraction of sp³-hybridized carbons (Fsp3) is 0.188. The van der Waals surface area contributed by atoms with Crippen molar-refractivity contribution < 1.29 is 9.53 Å². The van der Waals surface area contributed by atoms with Gasteiger partial charge >= 0.3 is 6.09 Å². The molecule has 0 aliphatic carbocycles. The van der Waals surface area contributed by atoms with Crippen LogP contribution in [0.2, 0.25) is 5.02 Å². The molecule has 0 radical (unpaired) electrons. The molecule has 1 N–H and O–H groups in total. The van der Waals surface area contributed by atoms with Gasteiger partial charge in [0.05, 0.1) is 0 Å². The quantitative estimate of drug-likeness (QED) is 0.623. The van der Waals surface area contributed by atoms with E-state index in [1.165, 1.54) is 4.90 Å². The first kappa shape index (κ1) is 15.7. The van der Waals surface area contributed by atoms with Gasteiger partial charge in [-0.15, -0.1) is 11.8 Å². The Hall–Kier alpha value is -1.65. The van der Waals surface area contributed by atoms with Crippen molar-refractivity contribution in [2.75, 3.05) is 12.3 Å². The minimum atomic E-state index is -0.443. The Labute approximate surface area is 133 Å². The summed E-state index contributed by atoms with van der Waals surface area (Å²) in [6.45, 7) is 0.590. The summed E-state index contributed by atoms with van der Waals surface area (Å²) >= 11 is 7.53. The number of thioether (sulfide) groups is 1. The summed E-state index contributed by atoms with van der Waals surface area (Å²) in [4.78, 5) is 12.8. The van der Waals surface area contributed by atoms with Gasteiger partial charge in [0.2, 0.25) is 0 Å². The molecule has 2 aromatic carbocycles. The van der Waals surface area contributed by atoms with Gasteiger partial charge in [-0.25, -0.2) is 4.79 Å². The molecule has 5 heteroatoms. The summed E-state index contributed by atoms with van der Waals surface area (Å²) in [5, 5.41) is 3.34. The SMILES string of the molecule is O=C(NCCCSc1ccccc1)Oc1ccc(Cl)cc1. The molecule has 0 saturated heterocycles. The van der Waals surface area contributed by atoms with Crippen molar-refractivity contribution in [1.82, 2.24) is 5.32 Å². The number of hydrogen-bond acceptors (Lipinski definition) is 3. The summed E-state index contributed by atoms with van der Waals surface area (Å²) in [6, 6.07) is 16.9. The fourth-order valence-corrected chi connectivity index (χ4v) is 2.62. The molecular weight excluding hydrogens is 306 g/mol. The van der Waals surface area contributed by atoms with E-state index in [2.05, 4.69) is 17.4 Å². The van der Waals surface area contributed by atoms with E-state index in [0.29, 0.717) is 17.3 Å². The Bertz CT molecular complexity index is 560. The second kappa shape index (κ2) is 8.60. The molecule has 0 saturated carbocycles. The van der Waals surface area contributed by atoms with E-state index in [-0.39, 0.29) is 0 Å². The van der Waals surface area contributed by atoms with Crippen molar-refractivity contribution in [3.63, 3.8) is 0 Å². The normalized spacial score (nSPS) is 10.1. The first-order valence-corrected chi connectivity index (χ1v) is 7.99. The van der Waals surface area contributed by atoms with Gasteiger partial charge < -0.3 is 10.1 Å². The third-order valence-electron chi connectivity index (χ3n) is 2.63. The molecule has 0 heterocycles. The Morgan fingerprint density at radius 1 is 1.10 bits per heavy atom. The number of amides is 1. The van der Waals surface area contributed by atoms with E-state index in [9.17, 15) is 4.79 Å². The predicted octanol–water partition coefficient (Wildman–Crippen LogP) is 4.61. The summed E-state index contributed by atoms with van der Waals surface area (Å²) in [5.74, 6) is 1.43. The molecule has 0 aliphatic rings. The highest BCUT2D eigenvalue weighted by molar-refractivity contribution is 7.99. The number of ether oxygens (including phenoxy) is 1. The van der Waals surface area contributed by atoms with Gasteiger partial charge in [0, 0.05) is 16.5 Å². The molecule has 0 fully saturated rings. The maximum absolute atomic E-state index is 11.6. The van der Waals surface area contributed by atoms with Crippen LogP contribution in [0.5, 0.6) is 5.75 Å². The van der Waals surface area contributed by atoms with Gasteiger partial charge in [0.15, 0.2) is 0 Å². The summed E-state index contributed by atoms with van der Waals surface area (Å²) < 4.78 is 5.12. The number of hydrogen-bond donors (Lipinski definition) is 1. The highest BCUT2D eigenvalue weighted by Gasteiger charge is 2.03. The van der Waals surface area contributed by atoms with Crippen LogP contribution < -0.4 is 10.1 Å². The zero-order valence-electron chi connectivity index (χ0n) is 11.4. The van der Waals surface area contributed by atoms with Crippen LogP contribution in [0.1, 0.15) is 6.42 Å². The number of benzene rings is 2. The van der Waals surface area contributed by atoms with Gasteiger partial charge in [0.25, 0.3) is 0 Å². The zero-order chi connectivity index (χ0) is 14.9. The first-order chi connectivity index (χ1) is 10.2. The molecule has 0 atom stereocenters. The molecule has 1 amide bonds. The lowest BCUT2D eigenvalue weighted by atomic mass is 10.3. The van der Waals surface area contributed by atoms with Crippen LogP contribution in [-0.4, -0.2) is 18.4 Å². The fourth-order valence-electron chi connectivity index (χ4n) is 1.62. The Kier molecular flexibility index (Phi) is 6.44. The Balaban J connectivity index is 1.60. The van der Waals surface area contributed by atoms with Crippen LogP contribution in [0.25, 0.3) is 0 Å². The van der Waals surface area contributed by atoms with Crippen LogP contribution in [0.4, 0.5) is 4.79 Å². The minimum Gasteiger partial charge on any atom is -0.410 e. The second-order valence-corrected chi connectivity index (χ2v) is 5.89. The lowest BCUT2D eigenvalue weighted by Crippen LogP contribution is -2.27. The highest BCUT2D eigenvalue weighted by Crippen LogP contribution is 2.17. The van der Waals surface area contributed by atoms with Crippen molar-refractivity contribution in [1.29, 1.82) is 0 Å². The standard InChI is InChI=1S/C16H16ClNO2S/c17-13-7-9-14(10-8-13)20-16(19)18-11-4-12-21-15-5-2-1-3-6-15/h1-3,5-10H,4,11-12H2,(H,18,19). The third-order valence-corrected chi connectivity index (χ3v) is 3.98. The van der Waals surface area contributed by atoms with Gasteiger partial charge in [-0.3, -0.25) is 0 Å². The molecular formula is C16H16ClNO2S. The minimum absolute atomic E-state index is 0.443. The number of nitrogens with one attached hydrogen (secondary N) is 1. The van der Waals surface area contributed by atoms with Crippen molar-refractivity contribution >= 4 is 29.5 Å². The number of carbonyl (C=O) groups is 1. The van der Waals surface area contributed by atoms with Gasteiger partial charge in [0.1, 0.15) is 5.75 Å². The Morgan fingerprint density at radius 2 is 1.81 bits per heavy atom. The van der Waals surface area contributed by atoms with Crippen molar-refractivity contribution in [3.8, 4) is 5.75 Å². The smallest absolute Gasteiger partial charge is 0.410 e. The monoisotopic (exact) mass is 321 g/mol. The topological polar surface area (TPSA) is 38.3 Å². The van der Waals surface area contributed by atoms with Gasteiger partial charge in [-0.1, -0.05) is 29.8 Å². The third kappa shape index (κ3) is 6.10. The van der Waals surface area contributed by atoms with Gasteiger partial charge in [-0.2, -0.15) is 0 Å². The average molecular weight is 322 g/mol. The summed E-state index contributed by atoms with van der Waals surface area (Å²) in [5.41, 5.74) is 0. The summed E-state index contributed by atoms with van der Waals surface area (Å²) in [6.07, 6.45) is 0.442. The first-order valence-electron chi connectivity index (χ1n) is 6.63.